The molecule has 0 saturated heterocycles. The van der Waals surface area contributed by atoms with E-state index in [-0.39, 0.29) is 0 Å². The summed E-state index contributed by atoms with van der Waals surface area (Å²) in [6.45, 7) is 9.30. The molecule has 0 atom stereocenters. The topological polar surface area (TPSA) is 41.5 Å². The molecule has 3 nitrogen and oxygen atoms in total. The molecule has 0 aromatic carbocycles. The Labute approximate surface area is 99.5 Å². The zero-order valence-electron chi connectivity index (χ0n) is 10.8. The van der Waals surface area contributed by atoms with Crippen LogP contribution in [0.4, 0.5) is 0 Å². The van der Waals surface area contributed by atoms with Crippen molar-refractivity contribution in [3.8, 4) is 0 Å². The van der Waals surface area contributed by atoms with Gasteiger partial charge < -0.3 is 15.1 Å². The van der Waals surface area contributed by atoms with Crippen molar-refractivity contribution in [3.05, 3.63) is 11.5 Å². The predicted octanol–water partition coefficient (Wildman–Crippen LogP) is 1.44. The molecule has 1 rings (SSSR count). The highest BCUT2D eigenvalue weighted by atomic mass is 16.5. The first-order chi connectivity index (χ1) is 7.33. The van der Waals surface area contributed by atoms with Gasteiger partial charge >= 0.3 is 7.48 Å². The molecule has 0 aliphatic carbocycles. The lowest BCUT2D eigenvalue weighted by atomic mass is 9.80. The first-order valence-electron chi connectivity index (χ1n) is 5.96. The lowest BCUT2D eigenvalue weighted by Gasteiger charge is -2.37. The fourth-order valence-corrected chi connectivity index (χ4v) is 1.30. The monoisotopic (exact) mass is 224 g/mol. The maximum Gasteiger partial charge on any atom is 0.326 e. The van der Waals surface area contributed by atoms with Crippen molar-refractivity contribution in [3.63, 3.8) is 0 Å². The number of hydrogen-bond donors (Lipinski definition) is 2. The number of aliphatic hydroxyl groups is 1. The maximum atomic E-state index is 9.95. The third-order valence-electron chi connectivity index (χ3n) is 3.31. The van der Waals surface area contributed by atoms with Crippen LogP contribution in [-0.2, 0) is 4.65 Å². The van der Waals surface area contributed by atoms with Gasteiger partial charge in [-0.05, 0) is 47.1 Å². The molecule has 0 aromatic heterocycles. The molecule has 0 aromatic rings. The molecule has 0 bridgehead atoms. The van der Waals surface area contributed by atoms with Crippen molar-refractivity contribution >= 4 is 7.48 Å². The van der Waals surface area contributed by atoms with E-state index in [2.05, 4.69) is 11.4 Å². The summed E-state index contributed by atoms with van der Waals surface area (Å²) in [6, 6.07) is 0. The van der Waals surface area contributed by atoms with Gasteiger partial charge in [-0.25, -0.2) is 0 Å². The first kappa shape index (κ1) is 13.7. The Morgan fingerprint density at radius 1 is 1.38 bits per heavy atom. The minimum absolute atomic E-state index is 0.576. The van der Waals surface area contributed by atoms with Crippen LogP contribution in [0.2, 0.25) is 0 Å². The highest BCUT2D eigenvalue weighted by Crippen LogP contribution is 2.25. The Morgan fingerprint density at radius 2 is 2.06 bits per heavy atom. The van der Waals surface area contributed by atoms with Gasteiger partial charge in [0.05, 0.1) is 11.2 Å². The fourth-order valence-electron chi connectivity index (χ4n) is 1.30. The highest BCUT2D eigenvalue weighted by molar-refractivity contribution is 6.38. The van der Waals surface area contributed by atoms with Gasteiger partial charge in [0, 0.05) is 6.54 Å². The Morgan fingerprint density at radius 3 is 2.69 bits per heavy atom. The van der Waals surface area contributed by atoms with Crippen molar-refractivity contribution in [2.45, 2.75) is 51.7 Å². The van der Waals surface area contributed by atoms with Crippen molar-refractivity contribution in [2.24, 2.45) is 0 Å². The zero-order chi connectivity index (χ0) is 12.2. The fraction of sp³-hybridized carbons (Fsp3) is 0.833. The lowest BCUT2D eigenvalue weighted by Crippen LogP contribution is -2.48. The van der Waals surface area contributed by atoms with Crippen molar-refractivity contribution in [2.75, 3.05) is 13.1 Å². The normalized spacial score (nSPS) is 18.9. The lowest BCUT2D eigenvalue weighted by molar-refractivity contribution is -0.0897. The van der Waals surface area contributed by atoms with Crippen LogP contribution in [-0.4, -0.2) is 36.9 Å². The second-order valence-electron chi connectivity index (χ2n) is 5.39. The van der Waals surface area contributed by atoms with E-state index in [0.717, 1.165) is 25.9 Å². The SMILES string of the molecule is CC(C)(O)C(C)(C)O[B]C1=CCNCCC1. The van der Waals surface area contributed by atoms with Gasteiger partial charge in [-0.15, -0.1) is 0 Å². The molecule has 0 spiro atoms. The second-order valence-corrected chi connectivity index (χ2v) is 5.39. The van der Waals surface area contributed by atoms with Gasteiger partial charge in [-0.2, -0.15) is 0 Å². The maximum absolute atomic E-state index is 9.95. The van der Waals surface area contributed by atoms with E-state index >= 15 is 0 Å². The molecule has 0 amide bonds. The molecule has 91 valence electrons. The van der Waals surface area contributed by atoms with Gasteiger partial charge in [-0.1, -0.05) is 11.5 Å². The summed E-state index contributed by atoms with van der Waals surface area (Å²) in [4.78, 5) is 0. The van der Waals surface area contributed by atoms with Crippen LogP contribution < -0.4 is 5.32 Å². The molecule has 1 heterocycles. The standard InChI is InChI=1S/C12H23BNO2/c1-11(2,15)12(3,4)16-13-10-6-5-8-14-9-7-10/h7,14-15H,5-6,8-9H2,1-4H3. The summed E-state index contributed by atoms with van der Waals surface area (Å²) in [5, 5.41) is 13.3. The Kier molecular flexibility index (Phi) is 4.59. The van der Waals surface area contributed by atoms with Gasteiger partial charge in [0.2, 0.25) is 0 Å². The summed E-state index contributed by atoms with van der Waals surface area (Å²) in [6.07, 6.45) is 4.32. The van der Waals surface area contributed by atoms with Crippen molar-refractivity contribution in [1.29, 1.82) is 0 Å². The predicted molar refractivity (Wildman–Crippen MR) is 67.4 cm³/mol. The quantitative estimate of drug-likeness (QED) is 0.710. The van der Waals surface area contributed by atoms with Crippen LogP contribution in [0.5, 0.6) is 0 Å². The molecule has 1 radical (unpaired) electrons. The molecule has 16 heavy (non-hydrogen) atoms. The minimum Gasteiger partial charge on any atom is -0.427 e. The number of hydrogen-bond acceptors (Lipinski definition) is 3. The second kappa shape index (κ2) is 5.34. The largest absolute Gasteiger partial charge is 0.427 e. The molecule has 1 aliphatic heterocycles. The van der Waals surface area contributed by atoms with Gasteiger partial charge in [0.1, 0.15) is 0 Å². The molecule has 4 heteroatoms. The highest BCUT2D eigenvalue weighted by Gasteiger charge is 2.35. The number of allylic oxidation sites excluding steroid dienone is 1. The number of rotatable bonds is 4. The average molecular weight is 224 g/mol. The molecule has 1 aliphatic rings. The molecular weight excluding hydrogens is 201 g/mol. The Hall–Kier alpha value is -0.315. The summed E-state index contributed by atoms with van der Waals surface area (Å²) < 4.78 is 5.72. The van der Waals surface area contributed by atoms with E-state index in [1.54, 1.807) is 21.3 Å². The van der Waals surface area contributed by atoms with Crippen LogP contribution in [0.25, 0.3) is 0 Å². The van der Waals surface area contributed by atoms with E-state index in [4.69, 9.17) is 4.65 Å². The summed E-state index contributed by atoms with van der Waals surface area (Å²) in [5.41, 5.74) is -0.219. The summed E-state index contributed by atoms with van der Waals surface area (Å²) >= 11 is 0. The Bertz CT molecular complexity index is 256. The third-order valence-corrected chi connectivity index (χ3v) is 3.31. The van der Waals surface area contributed by atoms with Crippen LogP contribution >= 0.6 is 0 Å². The Balaban J connectivity index is 2.47. The smallest absolute Gasteiger partial charge is 0.326 e. The van der Waals surface area contributed by atoms with Crippen molar-refractivity contribution < 1.29 is 9.76 Å². The molecule has 0 fully saturated rings. The van der Waals surface area contributed by atoms with Crippen molar-refractivity contribution in [1.82, 2.24) is 5.32 Å². The van der Waals surface area contributed by atoms with E-state index in [1.165, 1.54) is 5.47 Å². The number of nitrogens with one attached hydrogen (secondary N) is 1. The average Bonchev–Trinajstić information content (AvgIpc) is 2.41. The van der Waals surface area contributed by atoms with Crippen LogP contribution in [0.3, 0.4) is 0 Å². The molecular formula is C12H23BNO2. The van der Waals surface area contributed by atoms with E-state index < -0.39 is 11.2 Å². The van der Waals surface area contributed by atoms with Crippen LogP contribution in [0.15, 0.2) is 11.5 Å². The van der Waals surface area contributed by atoms with E-state index in [9.17, 15) is 5.11 Å². The summed E-state index contributed by atoms with van der Waals surface area (Å²) in [5.74, 6) is 0. The zero-order valence-corrected chi connectivity index (χ0v) is 10.8. The van der Waals surface area contributed by atoms with Gasteiger partial charge in [0.15, 0.2) is 0 Å². The minimum atomic E-state index is -0.854. The molecule has 2 N–H and O–H groups in total. The van der Waals surface area contributed by atoms with Crippen LogP contribution in [0.1, 0.15) is 40.5 Å². The van der Waals surface area contributed by atoms with Gasteiger partial charge in [0.25, 0.3) is 0 Å². The molecule has 0 saturated carbocycles. The van der Waals surface area contributed by atoms with E-state index in [1.807, 2.05) is 13.8 Å². The van der Waals surface area contributed by atoms with Crippen LogP contribution in [0, 0.1) is 0 Å². The van der Waals surface area contributed by atoms with E-state index in [0.29, 0.717) is 0 Å². The van der Waals surface area contributed by atoms with Gasteiger partial charge in [-0.3, -0.25) is 0 Å². The third kappa shape index (κ3) is 3.93. The first-order valence-corrected chi connectivity index (χ1v) is 5.96. The molecule has 0 unspecified atom stereocenters. The summed E-state index contributed by atoms with van der Waals surface area (Å²) in [7, 11) is 1.80.